The highest BCUT2D eigenvalue weighted by molar-refractivity contribution is 5.73. The van der Waals surface area contributed by atoms with Crippen LogP contribution in [0.3, 0.4) is 0 Å². The molecule has 4 nitrogen and oxygen atoms in total. The molecule has 1 unspecified atom stereocenters. The molecule has 0 radical (unpaired) electrons. The summed E-state index contributed by atoms with van der Waals surface area (Å²) in [7, 11) is 1.65. The van der Waals surface area contributed by atoms with Gasteiger partial charge in [0.1, 0.15) is 17.4 Å². The lowest BCUT2D eigenvalue weighted by atomic mass is 9.98. The Labute approximate surface area is 114 Å². The zero-order valence-electron chi connectivity index (χ0n) is 12.3. The monoisotopic (exact) mass is 265 g/mol. The minimum Gasteiger partial charge on any atom is -0.487 e. The van der Waals surface area contributed by atoms with Crippen molar-refractivity contribution in [2.24, 2.45) is 0 Å². The van der Waals surface area contributed by atoms with Gasteiger partial charge in [0.25, 0.3) is 0 Å². The number of carboxylic acids is 1. The standard InChI is InChI=1S/C15H23NO3/c1-10-7-6-8-11(2)13(10)19-15(3,4)9-12(16-5)14(17)18/h6-8,12,16H,9H2,1-5H3,(H,17,18). The van der Waals surface area contributed by atoms with Crippen LogP contribution in [-0.2, 0) is 4.79 Å². The number of nitrogens with one attached hydrogen (secondary N) is 1. The summed E-state index contributed by atoms with van der Waals surface area (Å²) in [6.45, 7) is 7.80. The van der Waals surface area contributed by atoms with Crippen molar-refractivity contribution in [1.29, 1.82) is 0 Å². The van der Waals surface area contributed by atoms with Gasteiger partial charge in [-0.15, -0.1) is 0 Å². The summed E-state index contributed by atoms with van der Waals surface area (Å²) in [5.41, 5.74) is 1.57. The Morgan fingerprint density at radius 2 is 1.89 bits per heavy atom. The van der Waals surface area contributed by atoms with Crippen LogP contribution in [-0.4, -0.2) is 29.8 Å². The van der Waals surface area contributed by atoms with Crippen LogP contribution in [0.4, 0.5) is 0 Å². The molecule has 0 spiro atoms. The second-order valence-electron chi connectivity index (χ2n) is 5.47. The van der Waals surface area contributed by atoms with Gasteiger partial charge in [0, 0.05) is 6.42 Å². The lowest BCUT2D eigenvalue weighted by Crippen LogP contribution is -2.43. The number of rotatable bonds is 6. The minimum atomic E-state index is -0.860. The zero-order valence-corrected chi connectivity index (χ0v) is 12.3. The number of likely N-dealkylation sites (N-methyl/N-ethyl adjacent to an activating group) is 1. The molecule has 0 heterocycles. The Hall–Kier alpha value is -1.55. The van der Waals surface area contributed by atoms with E-state index >= 15 is 0 Å². The van der Waals surface area contributed by atoms with Gasteiger partial charge in [-0.25, -0.2) is 0 Å². The van der Waals surface area contributed by atoms with E-state index in [1.54, 1.807) is 7.05 Å². The molecule has 1 rings (SSSR count). The number of aryl methyl sites for hydroxylation is 2. The van der Waals surface area contributed by atoms with E-state index in [-0.39, 0.29) is 0 Å². The molecule has 1 aromatic carbocycles. The summed E-state index contributed by atoms with van der Waals surface area (Å²) < 4.78 is 6.04. The van der Waals surface area contributed by atoms with Crippen molar-refractivity contribution in [2.45, 2.75) is 45.8 Å². The topological polar surface area (TPSA) is 58.6 Å². The highest BCUT2D eigenvalue weighted by Gasteiger charge is 2.29. The van der Waals surface area contributed by atoms with Crippen LogP contribution in [0.2, 0.25) is 0 Å². The van der Waals surface area contributed by atoms with E-state index in [2.05, 4.69) is 5.32 Å². The highest BCUT2D eigenvalue weighted by atomic mass is 16.5. The van der Waals surface area contributed by atoms with Crippen molar-refractivity contribution < 1.29 is 14.6 Å². The number of benzene rings is 1. The molecular formula is C15H23NO3. The molecule has 0 aliphatic heterocycles. The van der Waals surface area contributed by atoms with Crippen LogP contribution in [0.15, 0.2) is 18.2 Å². The lowest BCUT2D eigenvalue weighted by molar-refractivity contribution is -0.140. The van der Waals surface area contributed by atoms with Crippen LogP contribution in [0.5, 0.6) is 5.75 Å². The maximum Gasteiger partial charge on any atom is 0.320 e. The third-order valence-corrected chi connectivity index (χ3v) is 3.13. The largest absolute Gasteiger partial charge is 0.487 e. The molecule has 0 bridgehead atoms. The van der Waals surface area contributed by atoms with Crippen molar-refractivity contribution in [1.82, 2.24) is 5.32 Å². The Morgan fingerprint density at radius 3 is 2.32 bits per heavy atom. The smallest absolute Gasteiger partial charge is 0.320 e. The van der Waals surface area contributed by atoms with Crippen molar-refractivity contribution in [3.63, 3.8) is 0 Å². The molecule has 0 saturated carbocycles. The average Bonchev–Trinajstić information content (AvgIpc) is 2.31. The molecule has 0 saturated heterocycles. The minimum absolute atomic E-state index is 0.395. The van der Waals surface area contributed by atoms with Gasteiger partial charge in [0.15, 0.2) is 0 Å². The molecule has 0 aliphatic carbocycles. The number of hydrogen-bond donors (Lipinski definition) is 2. The van der Waals surface area contributed by atoms with Gasteiger partial charge in [-0.05, 0) is 45.9 Å². The third-order valence-electron chi connectivity index (χ3n) is 3.13. The second kappa shape index (κ2) is 6.06. The van der Waals surface area contributed by atoms with Crippen molar-refractivity contribution in [2.75, 3.05) is 7.05 Å². The van der Waals surface area contributed by atoms with E-state index in [9.17, 15) is 4.79 Å². The third kappa shape index (κ3) is 4.24. The number of hydrogen-bond acceptors (Lipinski definition) is 3. The highest BCUT2D eigenvalue weighted by Crippen LogP contribution is 2.28. The summed E-state index contributed by atoms with van der Waals surface area (Å²) in [6.07, 6.45) is 0.395. The van der Waals surface area contributed by atoms with Crippen molar-refractivity contribution in [3.05, 3.63) is 29.3 Å². The molecule has 4 heteroatoms. The average molecular weight is 265 g/mol. The molecule has 106 valence electrons. The van der Waals surface area contributed by atoms with Crippen LogP contribution in [0, 0.1) is 13.8 Å². The number of carbonyl (C=O) groups is 1. The molecule has 2 N–H and O–H groups in total. The van der Waals surface area contributed by atoms with Crippen molar-refractivity contribution >= 4 is 5.97 Å². The van der Waals surface area contributed by atoms with Gasteiger partial charge in [-0.2, -0.15) is 0 Å². The first-order valence-corrected chi connectivity index (χ1v) is 6.42. The van der Waals surface area contributed by atoms with Crippen LogP contribution >= 0.6 is 0 Å². The van der Waals surface area contributed by atoms with E-state index in [0.29, 0.717) is 6.42 Å². The van der Waals surface area contributed by atoms with E-state index in [1.165, 1.54) is 0 Å². The maximum atomic E-state index is 11.1. The molecular weight excluding hydrogens is 242 g/mol. The Bertz CT molecular complexity index is 434. The number of ether oxygens (including phenoxy) is 1. The molecule has 0 amide bonds. The molecule has 1 atom stereocenters. The van der Waals surface area contributed by atoms with Gasteiger partial charge in [-0.3, -0.25) is 4.79 Å². The normalized spacial score (nSPS) is 13.1. The SMILES string of the molecule is CNC(CC(C)(C)Oc1c(C)cccc1C)C(=O)O. The van der Waals surface area contributed by atoms with Crippen LogP contribution < -0.4 is 10.1 Å². The van der Waals surface area contributed by atoms with Crippen molar-refractivity contribution in [3.8, 4) is 5.75 Å². The quantitative estimate of drug-likeness (QED) is 0.830. The lowest BCUT2D eigenvalue weighted by Gasteiger charge is -2.30. The van der Waals surface area contributed by atoms with E-state index in [0.717, 1.165) is 16.9 Å². The summed E-state index contributed by atoms with van der Waals surface area (Å²) in [4.78, 5) is 11.1. The first-order chi connectivity index (χ1) is 8.76. The fraction of sp³-hybridized carbons (Fsp3) is 0.533. The summed E-state index contributed by atoms with van der Waals surface area (Å²) in [6, 6.07) is 5.36. The predicted molar refractivity (Wildman–Crippen MR) is 75.7 cm³/mol. The summed E-state index contributed by atoms with van der Waals surface area (Å²) >= 11 is 0. The van der Waals surface area contributed by atoms with Gasteiger partial charge in [-0.1, -0.05) is 18.2 Å². The molecule has 19 heavy (non-hydrogen) atoms. The van der Waals surface area contributed by atoms with E-state index < -0.39 is 17.6 Å². The number of carboxylic acid groups (broad SMARTS) is 1. The van der Waals surface area contributed by atoms with Gasteiger partial charge < -0.3 is 15.2 Å². The predicted octanol–water partition coefficient (Wildman–Crippen LogP) is 2.52. The van der Waals surface area contributed by atoms with Crippen LogP contribution in [0.1, 0.15) is 31.4 Å². The molecule has 0 fully saturated rings. The second-order valence-corrected chi connectivity index (χ2v) is 5.47. The molecule has 0 aromatic heterocycles. The fourth-order valence-corrected chi connectivity index (χ4v) is 2.08. The number of para-hydroxylation sites is 1. The first kappa shape index (κ1) is 15.5. The van der Waals surface area contributed by atoms with E-state index in [1.807, 2.05) is 45.9 Å². The zero-order chi connectivity index (χ0) is 14.6. The first-order valence-electron chi connectivity index (χ1n) is 6.42. The molecule has 0 aliphatic rings. The Balaban J connectivity index is 2.87. The Kier molecular flexibility index (Phi) is 4.95. The summed E-state index contributed by atoms with van der Waals surface area (Å²) in [5.74, 6) is -0.0200. The van der Waals surface area contributed by atoms with Gasteiger partial charge >= 0.3 is 5.97 Å². The number of aliphatic carboxylic acids is 1. The van der Waals surface area contributed by atoms with E-state index in [4.69, 9.17) is 9.84 Å². The van der Waals surface area contributed by atoms with Gasteiger partial charge in [0.05, 0.1) is 0 Å². The van der Waals surface area contributed by atoms with Crippen LogP contribution in [0.25, 0.3) is 0 Å². The summed E-state index contributed by atoms with van der Waals surface area (Å²) in [5, 5.41) is 11.9. The molecule has 1 aromatic rings. The fourth-order valence-electron chi connectivity index (χ4n) is 2.08. The Morgan fingerprint density at radius 1 is 1.37 bits per heavy atom. The van der Waals surface area contributed by atoms with Gasteiger partial charge in [0.2, 0.25) is 0 Å². The maximum absolute atomic E-state index is 11.1.